The van der Waals surface area contributed by atoms with E-state index in [1.54, 1.807) is 0 Å². The predicted molar refractivity (Wildman–Crippen MR) is 221 cm³/mol. The van der Waals surface area contributed by atoms with Crippen LogP contribution in [-0.4, -0.2) is 0 Å². The van der Waals surface area contributed by atoms with Crippen LogP contribution in [0.1, 0.15) is 25.0 Å². The number of fused-ring (bicyclic) bond motifs is 9. The normalized spacial score (nSPS) is 13.3. The van der Waals surface area contributed by atoms with Crippen molar-refractivity contribution in [1.82, 2.24) is 0 Å². The molecular formula is C51H35N. The molecule has 0 saturated carbocycles. The van der Waals surface area contributed by atoms with Gasteiger partial charge in [-0.15, -0.1) is 0 Å². The molecule has 0 fully saturated rings. The van der Waals surface area contributed by atoms with Crippen LogP contribution in [0.3, 0.4) is 0 Å². The highest BCUT2D eigenvalue weighted by Gasteiger charge is 2.36. The number of hydrogen-bond donors (Lipinski definition) is 0. The Morgan fingerprint density at radius 2 is 0.981 bits per heavy atom. The summed E-state index contributed by atoms with van der Waals surface area (Å²) >= 11 is 0. The molecule has 0 N–H and O–H groups in total. The number of anilines is 3. The molecule has 52 heavy (non-hydrogen) atoms. The van der Waals surface area contributed by atoms with E-state index in [4.69, 9.17) is 0 Å². The van der Waals surface area contributed by atoms with Gasteiger partial charge in [0, 0.05) is 22.5 Å². The number of hydrogen-bond acceptors (Lipinski definition) is 1. The van der Waals surface area contributed by atoms with E-state index < -0.39 is 0 Å². The monoisotopic (exact) mass is 661 g/mol. The Kier molecular flexibility index (Phi) is 6.08. The highest BCUT2D eigenvalue weighted by molar-refractivity contribution is 6.16. The molecule has 0 radical (unpaired) electrons. The first-order chi connectivity index (χ1) is 25.5. The van der Waals surface area contributed by atoms with Gasteiger partial charge in [0.2, 0.25) is 0 Å². The van der Waals surface area contributed by atoms with Crippen molar-refractivity contribution in [2.45, 2.75) is 19.3 Å². The molecule has 0 heterocycles. The van der Waals surface area contributed by atoms with Crippen molar-refractivity contribution < 1.29 is 0 Å². The molecule has 244 valence electrons. The molecular weight excluding hydrogens is 627 g/mol. The standard InChI is InChI=1S/C51H35N/c1-51(2)48-17-8-7-15-44(48)45-27-25-38(31-49(45)51)52(39-29-36-11-9-16-46-42-13-5-6-14-43(42)47(30-39)50(36)46)37-23-20-32(21-24-37)34-22-26-41-35(28-34)19-18-33-10-3-4-12-40(33)41/h3-31H,1-2H3. The molecule has 0 aromatic heterocycles. The van der Waals surface area contributed by atoms with Crippen molar-refractivity contribution in [3.8, 4) is 44.5 Å². The third kappa shape index (κ3) is 4.17. The van der Waals surface area contributed by atoms with Gasteiger partial charge in [0.1, 0.15) is 0 Å². The second-order valence-electron chi connectivity index (χ2n) is 14.9. The van der Waals surface area contributed by atoms with Crippen LogP contribution in [-0.2, 0) is 5.41 Å². The largest absolute Gasteiger partial charge is 0.310 e. The zero-order valence-electron chi connectivity index (χ0n) is 29.2. The van der Waals surface area contributed by atoms with E-state index >= 15 is 0 Å². The lowest BCUT2D eigenvalue weighted by atomic mass is 9.82. The summed E-state index contributed by atoms with van der Waals surface area (Å²) in [6.07, 6.45) is 0. The predicted octanol–water partition coefficient (Wildman–Crippen LogP) is 14.2. The Balaban J connectivity index is 1.08. The lowest BCUT2D eigenvalue weighted by Crippen LogP contribution is -2.16. The average Bonchev–Trinajstić information content (AvgIpc) is 3.64. The molecule has 2 aliphatic carbocycles. The van der Waals surface area contributed by atoms with Gasteiger partial charge in [0.05, 0.1) is 0 Å². The first kappa shape index (κ1) is 29.3. The fourth-order valence-corrected chi connectivity index (χ4v) is 9.21. The summed E-state index contributed by atoms with van der Waals surface area (Å²) in [6.45, 7) is 4.73. The Bertz CT molecular complexity index is 2930. The van der Waals surface area contributed by atoms with E-state index in [9.17, 15) is 0 Å². The summed E-state index contributed by atoms with van der Waals surface area (Å²) in [5.74, 6) is 0. The Hall–Kier alpha value is -6.44. The Labute approximate surface area is 304 Å². The van der Waals surface area contributed by atoms with Gasteiger partial charge in [-0.2, -0.15) is 0 Å². The van der Waals surface area contributed by atoms with Gasteiger partial charge in [-0.1, -0.05) is 147 Å². The van der Waals surface area contributed by atoms with Crippen LogP contribution in [0.25, 0.3) is 76.8 Å². The average molecular weight is 662 g/mol. The number of nitrogens with zero attached hydrogens (tertiary/aromatic N) is 1. The van der Waals surface area contributed by atoms with Crippen LogP contribution in [0.5, 0.6) is 0 Å². The lowest BCUT2D eigenvalue weighted by Gasteiger charge is -2.29. The van der Waals surface area contributed by atoms with Gasteiger partial charge < -0.3 is 4.90 Å². The van der Waals surface area contributed by atoms with Crippen molar-refractivity contribution in [3.05, 3.63) is 187 Å². The van der Waals surface area contributed by atoms with Crippen molar-refractivity contribution >= 4 is 49.4 Å². The maximum Gasteiger partial charge on any atom is 0.0474 e. The fraction of sp³-hybridized carbons (Fsp3) is 0.0588. The van der Waals surface area contributed by atoms with Crippen molar-refractivity contribution in [1.29, 1.82) is 0 Å². The van der Waals surface area contributed by atoms with Gasteiger partial charge in [0.25, 0.3) is 0 Å². The first-order valence-electron chi connectivity index (χ1n) is 18.3. The van der Waals surface area contributed by atoms with Gasteiger partial charge in [0.15, 0.2) is 0 Å². The summed E-state index contributed by atoms with van der Waals surface area (Å²) in [4.78, 5) is 2.46. The topological polar surface area (TPSA) is 3.24 Å². The minimum Gasteiger partial charge on any atom is -0.310 e. The molecule has 0 amide bonds. The molecule has 1 heteroatoms. The van der Waals surface area contributed by atoms with Crippen molar-refractivity contribution in [2.75, 3.05) is 4.90 Å². The van der Waals surface area contributed by atoms with Crippen LogP contribution in [0.2, 0.25) is 0 Å². The van der Waals surface area contributed by atoms with E-state index in [0.29, 0.717) is 0 Å². The molecule has 0 aliphatic heterocycles. The maximum absolute atomic E-state index is 2.46. The molecule has 0 bridgehead atoms. The van der Waals surface area contributed by atoms with Gasteiger partial charge in [-0.05, 0) is 130 Å². The Morgan fingerprint density at radius 3 is 1.85 bits per heavy atom. The highest BCUT2D eigenvalue weighted by Crippen LogP contribution is 2.53. The number of benzene rings is 9. The molecule has 0 atom stereocenters. The molecule has 9 aromatic carbocycles. The van der Waals surface area contributed by atoms with Crippen LogP contribution < -0.4 is 4.90 Å². The second-order valence-corrected chi connectivity index (χ2v) is 14.9. The zero-order valence-corrected chi connectivity index (χ0v) is 29.2. The fourth-order valence-electron chi connectivity index (χ4n) is 9.21. The minimum absolute atomic E-state index is 0.0931. The Morgan fingerprint density at radius 1 is 0.346 bits per heavy atom. The first-order valence-corrected chi connectivity index (χ1v) is 18.3. The minimum atomic E-state index is -0.0931. The third-order valence-electron chi connectivity index (χ3n) is 11.8. The van der Waals surface area contributed by atoms with Gasteiger partial charge >= 0.3 is 0 Å². The summed E-state index contributed by atoms with van der Waals surface area (Å²) in [5.41, 5.74) is 16.5. The summed E-state index contributed by atoms with van der Waals surface area (Å²) < 4.78 is 0. The van der Waals surface area contributed by atoms with E-state index in [0.717, 1.165) is 11.4 Å². The van der Waals surface area contributed by atoms with E-state index in [2.05, 4.69) is 195 Å². The molecule has 0 saturated heterocycles. The van der Waals surface area contributed by atoms with Crippen molar-refractivity contribution in [3.63, 3.8) is 0 Å². The summed E-state index contributed by atoms with van der Waals surface area (Å²) in [7, 11) is 0. The van der Waals surface area contributed by atoms with E-state index in [1.165, 1.54) is 93.6 Å². The quantitative estimate of drug-likeness (QED) is 0.170. The van der Waals surface area contributed by atoms with Crippen LogP contribution in [0.15, 0.2) is 176 Å². The van der Waals surface area contributed by atoms with Gasteiger partial charge in [-0.25, -0.2) is 0 Å². The smallest absolute Gasteiger partial charge is 0.0474 e. The summed E-state index contributed by atoms with van der Waals surface area (Å²) in [5, 5.41) is 7.74. The molecule has 0 unspecified atom stereocenters. The lowest BCUT2D eigenvalue weighted by molar-refractivity contribution is 0.660. The van der Waals surface area contributed by atoms with E-state index in [1.807, 2.05) is 0 Å². The van der Waals surface area contributed by atoms with Crippen molar-refractivity contribution in [2.24, 2.45) is 0 Å². The maximum atomic E-state index is 2.46. The SMILES string of the molecule is CC1(C)c2ccccc2-c2ccc(N(c3ccc(-c4ccc5c(ccc6ccccc65)c4)cc3)c3cc4c5c(cccc5c3)-c3ccccc3-4)cc21. The molecule has 0 spiro atoms. The number of rotatable bonds is 4. The van der Waals surface area contributed by atoms with E-state index in [-0.39, 0.29) is 5.41 Å². The molecule has 1 nitrogen and oxygen atoms in total. The third-order valence-corrected chi connectivity index (χ3v) is 11.8. The summed E-state index contributed by atoms with van der Waals surface area (Å²) in [6, 6.07) is 65.5. The van der Waals surface area contributed by atoms with Crippen LogP contribution >= 0.6 is 0 Å². The van der Waals surface area contributed by atoms with Crippen LogP contribution in [0.4, 0.5) is 17.1 Å². The zero-order chi connectivity index (χ0) is 34.6. The molecule has 9 aromatic rings. The highest BCUT2D eigenvalue weighted by atomic mass is 15.1. The van der Waals surface area contributed by atoms with Gasteiger partial charge in [-0.3, -0.25) is 0 Å². The second kappa shape index (κ2) is 10.8. The molecule has 2 aliphatic rings. The molecule has 11 rings (SSSR count). The van der Waals surface area contributed by atoms with Crippen LogP contribution in [0, 0.1) is 0 Å².